The second kappa shape index (κ2) is 6.02. The third-order valence-electron chi connectivity index (χ3n) is 3.88. The molecule has 0 aliphatic carbocycles. The summed E-state index contributed by atoms with van der Waals surface area (Å²) in [6.45, 7) is 0. The molecule has 3 aromatic heterocycles. The highest BCUT2D eigenvalue weighted by Gasteiger charge is 2.14. The van der Waals surface area contributed by atoms with E-state index in [9.17, 15) is 0 Å². The van der Waals surface area contributed by atoms with Crippen LogP contribution < -0.4 is 0 Å². The topological polar surface area (TPSA) is 67.6 Å². The van der Waals surface area contributed by atoms with E-state index in [2.05, 4.69) is 26.2 Å². The number of benzene rings is 2. The van der Waals surface area contributed by atoms with Gasteiger partial charge in [-0.25, -0.2) is 4.98 Å². The van der Waals surface area contributed by atoms with Crippen LogP contribution in [0.4, 0.5) is 0 Å². The molecule has 2 aromatic carbocycles. The van der Waals surface area contributed by atoms with Crippen LogP contribution in [0.15, 0.2) is 63.5 Å². The van der Waals surface area contributed by atoms with Crippen LogP contribution in [-0.2, 0) is 5.75 Å². The third-order valence-corrected chi connectivity index (χ3v) is 6.04. The summed E-state index contributed by atoms with van der Waals surface area (Å²) in [5.41, 5.74) is 3.01. The second-order valence-electron chi connectivity index (χ2n) is 5.49. The van der Waals surface area contributed by atoms with Gasteiger partial charge >= 0.3 is 0 Å². The molecule has 0 unspecified atom stereocenters. The third kappa shape index (κ3) is 2.71. The van der Waals surface area contributed by atoms with Gasteiger partial charge in [0.15, 0.2) is 4.34 Å². The molecule has 0 saturated carbocycles. The van der Waals surface area contributed by atoms with E-state index < -0.39 is 0 Å². The molecule has 5 aromatic rings. The number of para-hydroxylation sites is 2. The first kappa shape index (κ1) is 14.7. The van der Waals surface area contributed by atoms with Gasteiger partial charge in [-0.2, -0.15) is 0 Å². The maximum atomic E-state index is 5.85. The van der Waals surface area contributed by atoms with E-state index in [1.54, 1.807) is 23.1 Å². The summed E-state index contributed by atoms with van der Waals surface area (Å²) in [5, 5.41) is 9.45. The number of aromatic nitrogens is 4. The fourth-order valence-electron chi connectivity index (χ4n) is 2.71. The molecule has 0 spiro atoms. The van der Waals surface area contributed by atoms with Crippen molar-refractivity contribution in [2.75, 3.05) is 0 Å². The van der Waals surface area contributed by atoms with E-state index in [0.717, 1.165) is 26.3 Å². The Hall–Kier alpha value is -2.64. The number of nitrogens with one attached hydrogen (secondary N) is 1. The van der Waals surface area contributed by atoms with Gasteiger partial charge in [-0.1, -0.05) is 42.1 Å². The van der Waals surface area contributed by atoms with Crippen LogP contribution in [0.25, 0.3) is 32.6 Å². The van der Waals surface area contributed by atoms with Gasteiger partial charge < -0.3 is 9.40 Å². The van der Waals surface area contributed by atoms with Crippen molar-refractivity contribution < 1.29 is 4.42 Å². The molecule has 0 aliphatic rings. The molecule has 0 radical (unpaired) electrons. The molecule has 5 rings (SSSR count). The number of aromatic amines is 1. The quantitative estimate of drug-likeness (QED) is 0.448. The Kier molecular flexibility index (Phi) is 3.53. The Bertz CT molecular complexity index is 1140. The Balaban J connectivity index is 1.37. The summed E-state index contributed by atoms with van der Waals surface area (Å²) in [5.74, 6) is 1.75. The zero-order valence-corrected chi connectivity index (χ0v) is 14.6. The lowest BCUT2D eigenvalue weighted by molar-refractivity contribution is 0.529. The highest BCUT2D eigenvalue weighted by Crippen LogP contribution is 2.32. The lowest BCUT2D eigenvalue weighted by Crippen LogP contribution is -1.79. The average molecular weight is 364 g/mol. The van der Waals surface area contributed by atoms with E-state index >= 15 is 0 Å². The zero-order valence-electron chi connectivity index (χ0n) is 13.0. The van der Waals surface area contributed by atoms with Gasteiger partial charge in [-0.3, -0.25) is 0 Å². The van der Waals surface area contributed by atoms with Crippen LogP contribution >= 0.6 is 23.1 Å². The van der Waals surface area contributed by atoms with Crippen molar-refractivity contribution in [2.24, 2.45) is 0 Å². The molecule has 7 heteroatoms. The lowest BCUT2D eigenvalue weighted by Gasteiger charge is -1.93. The molecule has 25 heavy (non-hydrogen) atoms. The number of rotatable bonds is 4. The van der Waals surface area contributed by atoms with Gasteiger partial charge in [0.2, 0.25) is 11.8 Å². The van der Waals surface area contributed by atoms with Crippen molar-refractivity contribution in [3.05, 3.63) is 60.6 Å². The molecule has 0 aliphatic heterocycles. The molecule has 0 atom stereocenters. The summed E-state index contributed by atoms with van der Waals surface area (Å²) in [6, 6.07) is 16.2. The van der Waals surface area contributed by atoms with E-state index in [0.29, 0.717) is 17.5 Å². The summed E-state index contributed by atoms with van der Waals surface area (Å²) in [7, 11) is 0. The average Bonchev–Trinajstić information content (AvgIpc) is 3.36. The Labute approximate surface area is 151 Å². The maximum Gasteiger partial charge on any atom is 0.249 e. The van der Waals surface area contributed by atoms with Crippen molar-refractivity contribution in [2.45, 2.75) is 10.1 Å². The predicted molar refractivity (Wildman–Crippen MR) is 101 cm³/mol. The van der Waals surface area contributed by atoms with Crippen molar-refractivity contribution in [1.29, 1.82) is 0 Å². The monoisotopic (exact) mass is 364 g/mol. The van der Waals surface area contributed by atoms with Crippen LogP contribution in [0.3, 0.4) is 0 Å². The van der Waals surface area contributed by atoms with Crippen LogP contribution in [0.2, 0.25) is 0 Å². The number of nitrogens with zero attached hydrogens (tertiary/aromatic N) is 3. The normalized spacial score (nSPS) is 11.5. The molecule has 122 valence electrons. The number of hydrogen-bond donors (Lipinski definition) is 1. The van der Waals surface area contributed by atoms with Crippen molar-refractivity contribution >= 4 is 44.2 Å². The van der Waals surface area contributed by atoms with Crippen LogP contribution in [0, 0.1) is 0 Å². The minimum absolute atomic E-state index is 0.539. The molecular formula is C18H12N4OS2. The predicted octanol–water partition coefficient (Wildman–Crippen LogP) is 5.12. The van der Waals surface area contributed by atoms with Gasteiger partial charge in [0.25, 0.3) is 0 Å². The maximum absolute atomic E-state index is 5.85. The summed E-state index contributed by atoms with van der Waals surface area (Å²) in [4.78, 5) is 7.84. The fraction of sp³-hybridized carbons (Fsp3) is 0.0556. The lowest BCUT2D eigenvalue weighted by atomic mass is 10.2. The van der Waals surface area contributed by atoms with Crippen molar-refractivity contribution in [1.82, 2.24) is 20.2 Å². The van der Waals surface area contributed by atoms with Gasteiger partial charge in [-0.05, 0) is 18.2 Å². The van der Waals surface area contributed by atoms with Crippen molar-refractivity contribution in [3.8, 4) is 11.5 Å². The number of hydrogen-bond acceptors (Lipinski definition) is 6. The first-order valence-electron chi connectivity index (χ1n) is 7.74. The zero-order chi connectivity index (χ0) is 16.6. The first-order chi connectivity index (χ1) is 12.4. The highest BCUT2D eigenvalue weighted by atomic mass is 32.2. The Morgan fingerprint density at radius 1 is 1.04 bits per heavy atom. The minimum Gasteiger partial charge on any atom is -0.420 e. The molecule has 0 fully saturated rings. The second-order valence-corrected chi connectivity index (χ2v) is 7.74. The van der Waals surface area contributed by atoms with Gasteiger partial charge in [0.05, 0.1) is 21.5 Å². The fourth-order valence-corrected chi connectivity index (χ4v) is 4.61. The molecule has 3 heterocycles. The van der Waals surface area contributed by atoms with Gasteiger partial charge in [0.1, 0.15) is 0 Å². The smallest absolute Gasteiger partial charge is 0.249 e. The van der Waals surface area contributed by atoms with Crippen LogP contribution in [-0.4, -0.2) is 20.2 Å². The number of fused-ring (bicyclic) bond motifs is 2. The number of H-pyrrole nitrogens is 1. The number of thioether (sulfide) groups is 1. The first-order valence-corrected chi connectivity index (χ1v) is 9.54. The van der Waals surface area contributed by atoms with Gasteiger partial charge in [-0.15, -0.1) is 21.5 Å². The van der Waals surface area contributed by atoms with E-state index in [1.165, 1.54) is 4.70 Å². The van der Waals surface area contributed by atoms with Crippen LogP contribution in [0.1, 0.15) is 5.89 Å². The van der Waals surface area contributed by atoms with Crippen LogP contribution in [0.5, 0.6) is 0 Å². The molecule has 0 amide bonds. The Morgan fingerprint density at radius 2 is 1.92 bits per heavy atom. The molecule has 1 N–H and O–H groups in total. The summed E-state index contributed by atoms with van der Waals surface area (Å²) < 4.78 is 8.04. The standard InChI is InChI=1S/C18H12N4OS2/c1-2-6-13-11(5-1)12(9-19-13)17-22-21-16(23-17)10-24-18-20-14-7-3-4-8-15(14)25-18/h1-9,19H,10H2. The summed E-state index contributed by atoms with van der Waals surface area (Å²) >= 11 is 3.30. The van der Waals surface area contributed by atoms with Crippen molar-refractivity contribution in [3.63, 3.8) is 0 Å². The molecule has 0 saturated heterocycles. The SMILES string of the molecule is c1ccc2sc(SCc3nnc(-c4c[nH]c5ccccc45)o3)nc2c1. The highest BCUT2D eigenvalue weighted by molar-refractivity contribution is 8.00. The van der Waals surface area contributed by atoms with E-state index in [1.807, 2.05) is 48.7 Å². The van der Waals surface area contributed by atoms with E-state index in [-0.39, 0.29) is 0 Å². The summed E-state index contributed by atoms with van der Waals surface area (Å²) in [6.07, 6.45) is 1.91. The molecule has 5 nitrogen and oxygen atoms in total. The van der Waals surface area contributed by atoms with Gasteiger partial charge in [0, 0.05) is 17.1 Å². The molecule has 0 bridgehead atoms. The number of thiazole rings is 1. The largest absolute Gasteiger partial charge is 0.420 e. The molecular weight excluding hydrogens is 352 g/mol. The van der Waals surface area contributed by atoms with E-state index in [4.69, 9.17) is 4.42 Å². The Morgan fingerprint density at radius 3 is 2.88 bits per heavy atom. The minimum atomic E-state index is 0.539.